The summed E-state index contributed by atoms with van der Waals surface area (Å²) in [5.74, 6) is 0.718. The van der Waals surface area contributed by atoms with Gasteiger partial charge in [0.15, 0.2) is 0 Å². The van der Waals surface area contributed by atoms with Gasteiger partial charge in [0.25, 0.3) is 5.82 Å². The van der Waals surface area contributed by atoms with Crippen LogP contribution in [0.25, 0.3) is 11.8 Å². The molecule has 1 aromatic carbocycles. The third-order valence-corrected chi connectivity index (χ3v) is 2.94. The fraction of sp³-hybridized carbons (Fsp3) is 0. The van der Waals surface area contributed by atoms with Crippen LogP contribution in [0, 0.1) is 0 Å². The summed E-state index contributed by atoms with van der Waals surface area (Å²) in [5.41, 5.74) is 1.74. The van der Waals surface area contributed by atoms with Gasteiger partial charge in [-0.25, -0.2) is 10.1 Å². The van der Waals surface area contributed by atoms with E-state index >= 15 is 0 Å². The van der Waals surface area contributed by atoms with Crippen molar-refractivity contribution in [2.75, 3.05) is 5.32 Å². The summed E-state index contributed by atoms with van der Waals surface area (Å²) in [4.78, 5) is 11.8. The molecule has 0 saturated carbocycles. The van der Waals surface area contributed by atoms with Crippen molar-refractivity contribution in [3.8, 4) is 0 Å². The Kier molecular flexibility index (Phi) is 2.94. The molecule has 0 aliphatic carbocycles. The molecule has 1 amide bonds. The molecule has 0 radical (unpaired) electrons. The molecule has 92 valence electrons. The maximum Gasteiger partial charge on any atom is 0.379 e. The van der Waals surface area contributed by atoms with Crippen LogP contribution >= 0.6 is 0 Å². The van der Waals surface area contributed by atoms with E-state index in [1.165, 1.54) is 0 Å². The lowest BCUT2D eigenvalue weighted by molar-refractivity contribution is -0.556. The SMILES string of the molecule is O=C1Nc2cccc[n+]2/C1=C\C=C\c1ccccc1. The third kappa shape index (κ3) is 2.31. The first kappa shape index (κ1) is 11.4. The number of amides is 1. The van der Waals surface area contributed by atoms with E-state index in [0.717, 1.165) is 11.4 Å². The largest absolute Gasteiger partial charge is 0.379 e. The van der Waals surface area contributed by atoms with E-state index < -0.39 is 0 Å². The van der Waals surface area contributed by atoms with Crippen LogP contribution in [0.3, 0.4) is 0 Å². The average Bonchev–Trinajstić information content (AvgIpc) is 2.76. The lowest BCUT2D eigenvalue weighted by atomic mass is 10.2. The summed E-state index contributed by atoms with van der Waals surface area (Å²) < 4.78 is 1.84. The number of carbonyl (C=O) groups is 1. The van der Waals surface area contributed by atoms with Crippen LogP contribution < -0.4 is 9.88 Å². The van der Waals surface area contributed by atoms with E-state index in [9.17, 15) is 4.79 Å². The zero-order valence-electron chi connectivity index (χ0n) is 10.3. The Hall–Kier alpha value is -2.68. The zero-order chi connectivity index (χ0) is 13.1. The Balaban J connectivity index is 1.89. The van der Waals surface area contributed by atoms with Crippen molar-refractivity contribution in [2.24, 2.45) is 0 Å². The first-order valence-corrected chi connectivity index (χ1v) is 6.10. The highest BCUT2D eigenvalue weighted by atomic mass is 16.2. The Morgan fingerprint density at radius 1 is 1.00 bits per heavy atom. The number of allylic oxidation sites excluding steroid dienone is 2. The van der Waals surface area contributed by atoms with Crippen molar-refractivity contribution < 1.29 is 9.36 Å². The van der Waals surface area contributed by atoms with Gasteiger partial charge in [-0.05, 0) is 17.7 Å². The predicted molar refractivity (Wildman–Crippen MR) is 75.0 cm³/mol. The van der Waals surface area contributed by atoms with Crippen LogP contribution in [-0.2, 0) is 4.79 Å². The van der Waals surface area contributed by atoms with Crippen LogP contribution in [-0.4, -0.2) is 5.91 Å². The number of hydrogen-bond donors (Lipinski definition) is 1. The van der Waals surface area contributed by atoms with Crippen molar-refractivity contribution in [1.82, 2.24) is 0 Å². The summed E-state index contributed by atoms with van der Waals surface area (Å²) >= 11 is 0. The van der Waals surface area contributed by atoms with E-state index in [4.69, 9.17) is 0 Å². The van der Waals surface area contributed by atoms with Gasteiger partial charge in [-0.2, -0.15) is 4.57 Å². The Morgan fingerprint density at radius 3 is 2.63 bits per heavy atom. The summed E-state index contributed by atoms with van der Waals surface area (Å²) in [6.45, 7) is 0. The van der Waals surface area contributed by atoms with E-state index in [-0.39, 0.29) is 5.91 Å². The molecule has 1 aliphatic heterocycles. The van der Waals surface area contributed by atoms with Crippen LogP contribution in [0.5, 0.6) is 0 Å². The third-order valence-electron chi connectivity index (χ3n) is 2.94. The van der Waals surface area contributed by atoms with Crippen molar-refractivity contribution >= 4 is 23.5 Å². The van der Waals surface area contributed by atoms with Gasteiger partial charge in [0.2, 0.25) is 5.70 Å². The lowest BCUT2D eigenvalue weighted by Crippen LogP contribution is -2.29. The van der Waals surface area contributed by atoms with E-state index in [1.54, 1.807) is 0 Å². The quantitative estimate of drug-likeness (QED) is 0.643. The van der Waals surface area contributed by atoms with E-state index in [2.05, 4.69) is 5.32 Å². The highest BCUT2D eigenvalue weighted by Gasteiger charge is 2.31. The zero-order valence-corrected chi connectivity index (χ0v) is 10.3. The van der Waals surface area contributed by atoms with Crippen molar-refractivity contribution in [3.05, 3.63) is 72.4 Å². The Labute approximate surface area is 111 Å². The fourth-order valence-corrected chi connectivity index (χ4v) is 2.02. The molecule has 1 aromatic heterocycles. The minimum absolute atomic E-state index is 0.0797. The predicted octanol–water partition coefficient (Wildman–Crippen LogP) is 2.48. The smallest absolute Gasteiger partial charge is 0.237 e. The molecule has 0 unspecified atom stereocenters. The second-order valence-corrected chi connectivity index (χ2v) is 4.23. The molecule has 0 atom stereocenters. The van der Waals surface area contributed by atoms with Gasteiger partial charge in [0.05, 0.1) is 6.20 Å². The van der Waals surface area contributed by atoms with Gasteiger partial charge >= 0.3 is 5.91 Å². The first-order valence-electron chi connectivity index (χ1n) is 6.10. The second-order valence-electron chi connectivity index (χ2n) is 4.23. The van der Waals surface area contributed by atoms with Crippen molar-refractivity contribution in [3.63, 3.8) is 0 Å². The molecule has 2 heterocycles. The molecule has 3 nitrogen and oxygen atoms in total. The van der Waals surface area contributed by atoms with Crippen molar-refractivity contribution in [1.29, 1.82) is 0 Å². The molecule has 3 rings (SSSR count). The summed E-state index contributed by atoms with van der Waals surface area (Å²) in [5, 5.41) is 2.82. The summed E-state index contributed by atoms with van der Waals surface area (Å²) in [6, 6.07) is 15.7. The number of anilines is 1. The number of nitrogens with zero attached hydrogens (tertiary/aromatic N) is 1. The number of aromatic nitrogens is 1. The van der Waals surface area contributed by atoms with Crippen LogP contribution in [0.15, 0.2) is 66.9 Å². The highest BCUT2D eigenvalue weighted by Crippen LogP contribution is 2.13. The van der Waals surface area contributed by atoms with Gasteiger partial charge < -0.3 is 0 Å². The molecule has 0 saturated heterocycles. The highest BCUT2D eigenvalue weighted by molar-refractivity contribution is 6.19. The average molecular weight is 249 g/mol. The number of hydrogen-bond acceptors (Lipinski definition) is 1. The number of rotatable bonds is 2. The van der Waals surface area contributed by atoms with E-state index in [0.29, 0.717) is 5.70 Å². The molecule has 1 N–H and O–H groups in total. The standard InChI is InChI=1S/C16H12N2O/c19-16-14(18-12-5-4-11-15(18)17-16)10-6-9-13-7-2-1-3-8-13/h1-12H/p+1/b9-6+,14-10-. The maximum absolute atomic E-state index is 11.8. The minimum atomic E-state index is -0.0797. The van der Waals surface area contributed by atoms with Crippen molar-refractivity contribution in [2.45, 2.75) is 0 Å². The lowest BCUT2D eigenvalue weighted by Gasteiger charge is -1.92. The van der Waals surface area contributed by atoms with Crippen LogP contribution in [0.2, 0.25) is 0 Å². The van der Waals surface area contributed by atoms with Gasteiger partial charge in [0, 0.05) is 6.07 Å². The van der Waals surface area contributed by atoms with Crippen LogP contribution in [0.4, 0.5) is 5.82 Å². The molecule has 0 fully saturated rings. The number of carbonyl (C=O) groups excluding carboxylic acids is 1. The maximum atomic E-state index is 11.8. The minimum Gasteiger partial charge on any atom is -0.237 e. The molecule has 1 aliphatic rings. The molecular weight excluding hydrogens is 236 g/mol. The van der Waals surface area contributed by atoms with Gasteiger partial charge in [-0.15, -0.1) is 0 Å². The number of fused-ring (bicyclic) bond motifs is 1. The topological polar surface area (TPSA) is 33.0 Å². The second kappa shape index (κ2) is 4.90. The summed E-state index contributed by atoms with van der Waals surface area (Å²) in [7, 11) is 0. The number of benzene rings is 1. The number of pyridine rings is 1. The molecule has 0 bridgehead atoms. The molecule has 19 heavy (non-hydrogen) atoms. The fourth-order valence-electron chi connectivity index (χ4n) is 2.02. The Morgan fingerprint density at radius 2 is 1.79 bits per heavy atom. The molecule has 2 aromatic rings. The summed E-state index contributed by atoms with van der Waals surface area (Å²) in [6.07, 6.45) is 7.55. The monoisotopic (exact) mass is 249 g/mol. The van der Waals surface area contributed by atoms with Crippen LogP contribution in [0.1, 0.15) is 5.56 Å². The van der Waals surface area contributed by atoms with E-state index in [1.807, 2.05) is 77.5 Å². The molecule has 0 spiro atoms. The normalized spacial score (nSPS) is 15.8. The molecule has 3 heteroatoms. The van der Waals surface area contributed by atoms with Gasteiger partial charge in [-0.1, -0.05) is 48.6 Å². The Bertz CT molecular complexity index is 672. The number of nitrogens with one attached hydrogen (secondary N) is 1. The van der Waals surface area contributed by atoms with Gasteiger partial charge in [0.1, 0.15) is 0 Å². The first-order chi connectivity index (χ1) is 9.34. The van der Waals surface area contributed by atoms with Gasteiger partial charge in [-0.3, -0.25) is 0 Å². The molecular formula is C16H13N2O+.